The summed E-state index contributed by atoms with van der Waals surface area (Å²) < 4.78 is 28.2. The molecule has 0 saturated carbocycles. The SMILES string of the molecule is CC1NNC(C)C1S(=O)(=O)N1CCCC1c1nc2ccccc2[nH]1. The summed E-state index contributed by atoms with van der Waals surface area (Å²) >= 11 is 0. The van der Waals surface area contributed by atoms with Gasteiger partial charge in [0.15, 0.2) is 0 Å². The highest BCUT2D eigenvalue weighted by Crippen LogP contribution is 2.36. The van der Waals surface area contributed by atoms with Gasteiger partial charge in [0.05, 0.1) is 17.1 Å². The third-order valence-electron chi connectivity index (χ3n) is 5.12. The van der Waals surface area contributed by atoms with Crippen molar-refractivity contribution >= 4 is 21.1 Å². The van der Waals surface area contributed by atoms with Crippen molar-refractivity contribution in [1.82, 2.24) is 25.1 Å². The molecule has 2 aliphatic rings. The van der Waals surface area contributed by atoms with Crippen molar-refractivity contribution in [3.8, 4) is 0 Å². The summed E-state index contributed by atoms with van der Waals surface area (Å²) in [6, 6.07) is 7.35. The first-order valence-corrected chi connectivity index (χ1v) is 9.95. The Morgan fingerprint density at radius 2 is 1.88 bits per heavy atom. The predicted molar refractivity (Wildman–Crippen MR) is 92.7 cm³/mol. The molecule has 0 aliphatic carbocycles. The Kier molecular flexibility index (Phi) is 3.87. The molecule has 3 atom stereocenters. The number of rotatable bonds is 3. The molecule has 7 nitrogen and oxygen atoms in total. The van der Waals surface area contributed by atoms with Crippen LogP contribution in [0.4, 0.5) is 0 Å². The van der Waals surface area contributed by atoms with E-state index in [1.807, 2.05) is 38.1 Å². The Balaban J connectivity index is 1.69. The molecular formula is C16H23N5O2S. The van der Waals surface area contributed by atoms with Gasteiger partial charge < -0.3 is 4.98 Å². The summed E-state index contributed by atoms with van der Waals surface area (Å²) in [6.45, 7) is 4.37. The van der Waals surface area contributed by atoms with Gasteiger partial charge in [-0.3, -0.25) is 10.9 Å². The van der Waals surface area contributed by atoms with Crippen molar-refractivity contribution in [2.45, 2.75) is 50.1 Å². The Morgan fingerprint density at radius 1 is 1.17 bits per heavy atom. The molecule has 0 radical (unpaired) electrons. The second-order valence-electron chi connectivity index (χ2n) is 6.78. The van der Waals surface area contributed by atoms with E-state index in [1.54, 1.807) is 4.31 Å². The predicted octanol–water partition coefficient (Wildman–Crippen LogP) is 1.28. The standard InChI is InChI=1S/C16H23N5O2S/c1-10-15(11(2)20-19-10)24(22,23)21-9-5-8-14(21)16-17-12-6-3-4-7-13(12)18-16/h3-4,6-7,10-11,14-15,19-20H,5,8-9H2,1-2H3,(H,17,18). The maximum atomic E-state index is 13.3. The van der Waals surface area contributed by atoms with Gasteiger partial charge in [-0.15, -0.1) is 0 Å². The minimum absolute atomic E-state index is 0.123. The summed E-state index contributed by atoms with van der Waals surface area (Å²) in [7, 11) is -3.42. The number of hydrogen-bond donors (Lipinski definition) is 3. The molecule has 0 bridgehead atoms. The summed E-state index contributed by atoms with van der Waals surface area (Å²) in [4.78, 5) is 7.93. The molecule has 1 aromatic carbocycles. The molecular weight excluding hydrogens is 326 g/mol. The highest BCUT2D eigenvalue weighted by Gasteiger charge is 2.47. The molecule has 3 heterocycles. The Labute approximate surface area is 141 Å². The fraction of sp³-hybridized carbons (Fsp3) is 0.562. The summed E-state index contributed by atoms with van der Waals surface area (Å²) in [5.74, 6) is 0.747. The lowest BCUT2D eigenvalue weighted by Crippen LogP contribution is -2.46. The zero-order valence-electron chi connectivity index (χ0n) is 13.9. The lowest BCUT2D eigenvalue weighted by Gasteiger charge is -2.28. The Hall–Kier alpha value is -1.48. The summed E-state index contributed by atoms with van der Waals surface area (Å²) in [5.41, 5.74) is 7.92. The van der Waals surface area contributed by atoms with E-state index in [9.17, 15) is 8.42 Å². The second kappa shape index (κ2) is 5.80. The van der Waals surface area contributed by atoms with Crippen molar-refractivity contribution in [3.63, 3.8) is 0 Å². The molecule has 0 spiro atoms. The van der Waals surface area contributed by atoms with E-state index >= 15 is 0 Å². The molecule has 2 fully saturated rings. The van der Waals surface area contributed by atoms with Crippen LogP contribution in [0, 0.1) is 0 Å². The first-order valence-electron chi connectivity index (χ1n) is 8.45. The molecule has 2 aliphatic heterocycles. The number of para-hydroxylation sites is 2. The average Bonchev–Trinajstić information content (AvgIpc) is 3.24. The lowest BCUT2D eigenvalue weighted by atomic mass is 10.2. The van der Waals surface area contributed by atoms with Gasteiger partial charge >= 0.3 is 0 Å². The molecule has 3 N–H and O–H groups in total. The van der Waals surface area contributed by atoms with Gasteiger partial charge in [-0.05, 0) is 38.8 Å². The van der Waals surface area contributed by atoms with Crippen LogP contribution < -0.4 is 10.9 Å². The lowest BCUT2D eigenvalue weighted by molar-refractivity contribution is 0.374. The third kappa shape index (κ3) is 2.45. The van der Waals surface area contributed by atoms with Crippen molar-refractivity contribution in [2.24, 2.45) is 0 Å². The molecule has 1 aromatic heterocycles. The highest BCUT2D eigenvalue weighted by molar-refractivity contribution is 7.89. The third-order valence-corrected chi connectivity index (χ3v) is 7.72. The quantitative estimate of drug-likeness (QED) is 0.777. The number of nitrogens with zero attached hydrogens (tertiary/aromatic N) is 2. The molecule has 24 heavy (non-hydrogen) atoms. The monoisotopic (exact) mass is 349 g/mol. The molecule has 4 rings (SSSR count). The van der Waals surface area contributed by atoms with Gasteiger partial charge in [-0.25, -0.2) is 13.4 Å². The summed E-state index contributed by atoms with van der Waals surface area (Å²) in [5, 5.41) is -0.470. The zero-order chi connectivity index (χ0) is 16.9. The van der Waals surface area contributed by atoms with Gasteiger partial charge in [-0.1, -0.05) is 12.1 Å². The Morgan fingerprint density at radius 3 is 2.58 bits per heavy atom. The van der Waals surface area contributed by atoms with E-state index in [0.717, 1.165) is 29.7 Å². The normalized spacial score (nSPS) is 31.9. The minimum Gasteiger partial charge on any atom is -0.341 e. The molecule has 3 unspecified atom stereocenters. The molecule has 2 saturated heterocycles. The van der Waals surface area contributed by atoms with Gasteiger partial charge in [-0.2, -0.15) is 4.31 Å². The maximum Gasteiger partial charge on any atom is 0.220 e. The molecule has 130 valence electrons. The second-order valence-corrected chi connectivity index (χ2v) is 8.83. The van der Waals surface area contributed by atoms with Gasteiger partial charge in [0, 0.05) is 18.6 Å². The van der Waals surface area contributed by atoms with Gasteiger partial charge in [0.25, 0.3) is 0 Å². The van der Waals surface area contributed by atoms with E-state index in [1.165, 1.54) is 0 Å². The van der Waals surface area contributed by atoms with Crippen LogP contribution in [-0.4, -0.2) is 46.6 Å². The number of H-pyrrole nitrogens is 1. The number of sulfonamides is 1. The van der Waals surface area contributed by atoms with Gasteiger partial charge in [0.1, 0.15) is 11.1 Å². The smallest absolute Gasteiger partial charge is 0.220 e. The first-order chi connectivity index (χ1) is 11.5. The number of nitrogens with one attached hydrogen (secondary N) is 3. The number of aromatic nitrogens is 2. The number of imidazole rings is 1. The van der Waals surface area contributed by atoms with Crippen LogP contribution in [0.2, 0.25) is 0 Å². The zero-order valence-corrected chi connectivity index (χ0v) is 14.7. The van der Waals surface area contributed by atoms with Crippen LogP contribution in [0.15, 0.2) is 24.3 Å². The van der Waals surface area contributed by atoms with Crippen LogP contribution in [0.5, 0.6) is 0 Å². The van der Waals surface area contributed by atoms with E-state index in [0.29, 0.717) is 6.54 Å². The number of aromatic amines is 1. The van der Waals surface area contributed by atoms with E-state index in [-0.39, 0.29) is 18.1 Å². The van der Waals surface area contributed by atoms with Crippen LogP contribution in [0.25, 0.3) is 11.0 Å². The first kappa shape index (κ1) is 16.0. The summed E-state index contributed by atoms with van der Waals surface area (Å²) in [6.07, 6.45) is 1.66. The van der Waals surface area contributed by atoms with Gasteiger partial charge in [0.2, 0.25) is 10.0 Å². The van der Waals surface area contributed by atoms with Crippen LogP contribution in [0.3, 0.4) is 0 Å². The van der Waals surface area contributed by atoms with Crippen LogP contribution in [0.1, 0.15) is 38.6 Å². The van der Waals surface area contributed by atoms with Crippen molar-refractivity contribution in [2.75, 3.05) is 6.54 Å². The maximum absolute atomic E-state index is 13.3. The number of benzene rings is 1. The number of hydrazine groups is 1. The molecule has 2 aromatic rings. The van der Waals surface area contributed by atoms with Crippen LogP contribution >= 0.6 is 0 Å². The van der Waals surface area contributed by atoms with Crippen LogP contribution in [-0.2, 0) is 10.0 Å². The largest absolute Gasteiger partial charge is 0.341 e. The molecule has 8 heteroatoms. The van der Waals surface area contributed by atoms with E-state index in [4.69, 9.17) is 0 Å². The minimum atomic E-state index is -3.42. The van der Waals surface area contributed by atoms with Crippen molar-refractivity contribution < 1.29 is 8.42 Å². The number of hydrogen-bond acceptors (Lipinski definition) is 5. The average molecular weight is 349 g/mol. The van der Waals surface area contributed by atoms with Crippen molar-refractivity contribution in [1.29, 1.82) is 0 Å². The topological polar surface area (TPSA) is 90.1 Å². The highest BCUT2D eigenvalue weighted by atomic mass is 32.2. The fourth-order valence-electron chi connectivity index (χ4n) is 3.98. The number of fused-ring (bicyclic) bond motifs is 1. The van der Waals surface area contributed by atoms with E-state index in [2.05, 4.69) is 20.8 Å². The van der Waals surface area contributed by atoms with E-state index < -0.39 is 15.3 Å². The molecule has 0 amide bonds. The fourth-order valence-corrected chi connectivity index (χ4v) is 6.40. The Bertz CT molecular complexity index is 806. The van der Waals surface area contributed by atoms with Crippen molar-refractivity contribution in [3.05, 3.63) is 30.1 Å².